The van der Waals surface area contributed by atoms with Crippen LogP contribution in [-0.4, -0.2) is 53.7 Å². The van der Waals surface area contributed by atoms with Crippen molar-refractivity contribution in [2.75, 3.05) is 13.1 Å². The molecule has 14 heteroatoms. The monoisotopic (exact) mass is 537 g/mol. The number of pyridine rings is 2. The number of aromatic nitrogens is 6. The number of fused-ring (bicyclic) bond motifs is 1. The first-order valence-corrected chi connectivity index (χ1v) is 12.0. The van der Waals surface area contributed by atoms with Gasteiger partial charge in [-0.05, 0) is 38.8 Å². The minimum absolute atomic E-state index is 0.102. The minimum Gasteiger partial charge on any atom is -0.471 e. The molecule has 200 valence electrons. The lowest BCUT2D eigenvalue weighted by molar-refractivity contribution is -0.274. The summed E-state index contributed by atoms with van der Waals surface area (Å²) in [5, 5.41) is 27.5. The van der Waals surface area contributed by atoms with E-state index in [0.29, 0.717) is 35.6 Å². The molecule has 5 heterocycles. The van der Waals surface area contributed by atoms with Crippen molar-refractivity contribution in [1.82, 2.24) is 34.3 Å². The summed E-state index contributed by atoms with van der Waals surface area (Å²) >= 11 is 0. The van der Waals surface area contributed by atoms with Crippen molar-refractivity contribution >= 4 is 5.65 Å². The third kappa shape index (κ3) is 5.27. The van der Waals surface area contributed by atoms with Crippen molar-refractivity contribution in [1.29, 1.82) is 10.5 Å². The van der Waals surface area contributed by atoms with Gasteiger partial charge in [0.2, 0.25) is 5.88 Å². The summed E-state index contributed by atoms with van der Waals surface area (Å²) in [6.07, 6.45) is 1.83. The van der Waals surface area contributed by atoms with Crippen LogP contribution in [0.5, 0.6) is 11.6 Å². The van der Waals surface area contributed by atoms with E-state index in [-0.39, 0.29) is 17.6 Å². The van der Waals surface area contributed by atoms with Gasteiger partial charge < -0.3 is 14.4 Å². The molecule has 39 heavy (non-hydrogen) atoms. The molecule has 0 aliphatic carbocycles. The number of imidazole rings is 1. The minimum atomic E-state index is -4.86. The Labute approximate surface area is 220 Å². The van der Waals surface area contributed by atoms with Crippen LogP contribution in [0.2, 0.25) is 0 Å². The number of nitriles is 2. The van der Waals surface area contributed by atoms with Crippen LogP contribution in [0.15, 0.2) is 36.8 Å². The van der Waals surface area contributed by atoms with Crippen molar-refractivity contribution < 1.29 is 22.6 Å². The zero-order valence-electron chi connectivity index (χ0n) is 20.9. The van der Waals surface area contributed by atoms with Crippen LogP contribution in [0.25, 0.3) is 16.9 Å². The highest BCUT2D eigenvalue weighted by atomic mass is 19.4. The number of likely N-dealkylation sites (tertiary alicyclic amines) is 1. The first kappa shape index (κ1) is 25.8. The van der Waals surface area contributed by atoms with E-state index >= 15 is 0 Å². The van der Waals surface area contributed by atoms with Crippen LogP contribution >= 0.6 is 0 Å². The maximum Gasteiger partial charge on any atom is 0.573 e. The number of ether oxygens (including phenoxy) is 2. The van der Waals surface area contributed by atoms with Crippen LogP contribution in [0, 0.1) is 29.7 Å². The lowest BCUT2D eigenvalue weighted by Gasteiger charge is -2.28. The fourth-order valence-corrected chi connectivity index (χ4v) is 4.64. The first-order valence-electron chi connectivity index (χ1n) is 12.0. The van der Waals surface area contributed by atoms with E-state index in [0.717, 1.165) is 24.7 Å². The topological polar surface area (TPSA) is 130 Å². The number of piperidine rings is 1. The second kappa shape index (κ2) is 10.1. The first-order chi connectivity index (χ1) is 18.7. The summed E-state index contributed by atoms with van der Waals surface area (Å²) in [5.74, 6) is -0.231. The molecule has 0 amide bonds. The van der Waals surface area contributed by atoms with E-state index in [1.807, 2.05) is 11.6 Å². The maximum atomic E-state index is 12.7. The summed E-state index contributed by atoms with van der Waals surface area (Å²) in [6, 6.07) is 6.81. The van der Waals surface area contributed by atoms with Crippen LogP contribution < -0.4 is 9.47 Å². The lowest BCUT2D eigenvalue weighted by Crippen LogP contribution is -2.31. The molecule has 0 aromatic carbocycles. The summed E-state index contributed by atoms with van der Waals surface area (Å²) in [4.78, 5) is 9.88. The van der Waals surface area contributed by atoms with Crippen LogP contribution in [-0.2, 0) is 0 Å². The fourth-order valence-electron chi connectivity index (χ4n) is 4.64. The number of hydrogen-bond acceptors (Lipinski definition) is 9. The Hall–Kier alpha value is -4.85. The highest BCUT2D eigenvalue weighted by molar-refractivity contribution is 5.68. The summed E-state index contributed by atoms with van der Waals surface area (Å²) in [6.45, 7) is 4.84. The Balaban J connectivity index is 1.48. The molecule has 0 N–H and O–H groups in total. The number of nitrogens with zero attached hydrogens (tertiary/aromatic N) is 9. The van der Waals surface area contributed by atoms with Gasteiger partial charge in [0.1, 0.15) is 35.0 Å². The van der Waals surface area contributed by atoms with E-state index in [1.54, 1.807) is 24.0 Å². The Morgan fingerprint density at radius 2 is 1.87 bits per heavy atom. The van der Waals surface area contributed by atoms with E-state index in [9.17, 15) is 18.4 Å². The highest BCUT2D eigenvalue weighted by Crippen LogP contribution is 2.33. The van der Waals surface area contributed by atoms with Gasteiger partial charge in [0, 0.05) is 36.5 Å². The predicted octanol–water partition coefficient (Wildman–Crippen LogP) is 4.32. The Morgan fingerprint density at radius 1 is 1.10 bits per heavy atom. The average molecular weight is 538 g/mol. The molecule has 1 saturated heterocycles. The van der Waals surface area contributed by atoms with E-state index in [2.05, 4.69) is 37.3 Å². The number of halogens is 3. The zero-order valence-corrected chi connectivity index (χ0v) is 20.9. The molecule has 1 aliphatic rings. The quantitative estimate of drug-likeness (QED) is 0.330. The average Bonchev–Trinajstić information content (AvgIpc) is 3.51. The molecule has 0 bridgehead atoms. The standard InChI is InChI=1S/C25H22F3N9O2/c1-15-24(33-34-37(15)19-3-5-35(14-30)6-4-19)17-8-22-32-12-20(10-29)36(22)23(9-17)38-16(2)18-7-21(13-31-11-18)39-25(26,27)28/h7-9,11-13,16,19H,3-6H2,1-2H3. The molecule has 1 aliphatic heterocycles. The normalized spacial score (nSPS) is 15.1. The van der Waals surface area contributed by atoms with Crippen LogP contribution in [0.3, 0.4) is 0 Å². The van der Waals surface area contributed by atoms with E-state index < -0.39 is 18.2 Å². The van der Waals surface area contributed by atoms with E-state index in [1.165, 1.54) is 22.9 Å². The van der Waals surface area contributed by atoms with Crippen LogP contribution in [0.1, 0.15) is 48.9 Å². The maximum absolute atomic E-state index is 12.7. The molecule has 4 aromatic rings. The molecule has 1 atom stereocenters. The number of rotatable bonds is 6. The second-order valence-corrected chi connectivity index (χ2v) is 9.08. The second-order valence-electron chi connectivity index (χ2n) is 9.08. The molecular weight excluding hydrogens is 515 g/mol. The van der Waals surface area contributed by atoms with Gasteiger partial charge in [0.05, 0.1) is 24.1 Å². The summed E-state index contributed by atoms with van der Waals surface area (Å²) in [5.41, 5.74) is 3.04. The van der Waals surface area contributed by atoms with Crippen molar-refractivity contribution in [3.05, 3.63) is 53.7 Å². The number of hydrogen-bond donors (Lipinski definition) is 0. The smallest absolute Gasteiger partial charge is 0.471 e. The molecule has 1 unspecified atom stereocenters. The number of alkyl halides is 3. The molecule has 11 nitrogen and oxygen atoms in total. The van der Waals surface area contributed by atoms with Gasteiger partial charge in [-0.3, -0.25) is 9.38 Å². The van der Waals surface area contributed by atoms with Crippen molar-refractivity contribution in [3.8, 4) is 35.1 Å². The highest BCUT2D eigenvalue weighted by Gasteiger charge is 2.31. The Kier molecular flexibility index (Phi) is 6.70. The van der Waals surface area contributed by atoms with Gasteiger partial charge in [0.25, 0.3) is 0 Å². The third-order valence-corrected chi connectivity index (χ3v) is 6.58. The SMILES string of the molecule is Cc1c(-c2cc(OC(C)c3cncc(OC(F)(F)F)c3)n3c(C#N)cnc3c2)nnn1C1CCN(C#N)CC1. The van der Waals surface area contributed by atoms with Crippen molar-refractivity contribution in [2.45, 2.75) is 45.2 Å². The van der Waals surface area contributed by atoms with Gasteiger partial charge >= 0.3 is 6.36 Å². The largest absolute Gasteiger partial charge is 0.573 e. The summed E-state index contributed by atoms with van der Waals surface area (Å²) in [7, 11) is 0. The zero-order chi connectivity index (χ0) is 27.7. The molecule has 0 spiro atoms. The molecule has 5 rings (SSSR count). The van der Waals surface area contributed by atoms with Crippen LogP contribution in [0.4, 0.5) is 13.2 Å². The Morgan fingerprint density at radius 3 is 2.56 bits per heavy atom. The lowest BCUT2D eigenvalue weighted by atomic mass is 10.0. The van der Waals surface area contributed by atoms with Crippen molar-refractivity contribution in [3.63, 3.8) is 0 Å². The van der Waals surface area contributed by atoms with Gasteiger partial charge in [-0.15, -0.1) is 18.3 Å². The predicted molar refractivity (Wildman–Crippen MR) is 129 cm³/mol. The van der Waals surface area contributed by atoms with Gasteiger partial charge in [0.15, 0.2) is 6.19 Å². The molecular formula is C25H22F3N9O2. The van der Waals surface area contributed by atoms with Crippen molar-refractivity contribution in [2.24, 2.45) is 0 Å². The van der Waals surface area contributed by atoms with Gasteiger partial charge in [-0.25, -0.2) is 9.67 Å². The molecule has 4 aromatic heterocycles. The fraction of sp³-hybridized carbons (Fsp3) is 0.360. The van der Waals surface area contributed by atoms with Gasteiger partial charge in [-0.1, -0.05) is 5.21 Å². The summed E-state index contributed by atoms with van der Waals surface area (Å²) < 4.78 is 51.6. The van der Waals surface area contributed by atoms with Gasteiger partial charge in [-0.2, -0.15) is 10.5 Å². The molecule has 0 radical (unpaired) electrons. The Bertz CT molecular complexity index is 1590. The molecule has 0 saturated carbocycles. The molecule has 1 fully saturated rings. The van der Waals surface area contributed by atoms with E-state index in [4.69, 9.17) is 10.00 Å². The third-order valence-electron chi connectivity index (χ3n) is 6.58.